The molecule has 2 atom stereocenters. The number of anilines is 1. The van der Waals surface area contributed by atoms with Gasteiger partial charge in [-0.05, 0) is 61.9 Å². The molecule has 0 radical (unpaired) electrons. The number of pyridine rings is 1. The molecule has 4 rings (SSSR count). The van der Waals surface area contributed by atoms with Crippen molar-refractivity contribution in [2.75, 3.05) is 11.4 Å². The van der Waals surface area contributed by atoms with Gasteiger partial charge in [0.2, 0.25) is 11.8 Å². The third-order valence-corrected chi connectivity index (χ3v) is 7.30. The van der Waals surface area contributed by atoms with Gasteiger partial charge in [-0.2, -0.15) is 0 Å². The number of rotatable bonds is 6. The molecule has 2 N–H and O–H groups in total. The van der Waals surface area contributed by atoms with E-state index in [0.717, 1.165) is 44.3 Å². The number of nitrogens with zero attached hydrogens (tertiary/aromatic N) is 2. The monoisotopic (exact) mass is 462 g/mol. The molecule has 1 aromatic carbocycles. The summed E-state index contributed by atoms with van der Waals surface area (Å²) in [7, 11) is 0. The minimum absolute atomic E-state index is 0.00398. The van der Waals surface area contributed by atoms with Gasteiger partial charge >= 0.3 is 0 Å². The van der Waals surface area contributed by atoms with Gasteiger partial charge in [-0.25, -0.2) is 0 Å². The normalized spacial score (nSPS) is 21.9. The van der Waals surface area contributed by atoms with Crippen molar-refractivity contribution in [3.05, 3.63) is 59.9 Å². The highest BCUT2D eigenvalue weighted by Crippen LogP contribution is 2.34. The van der Waals surface area contributed by atoms with Crippen molar-refractivity contribution in [1.29, 1.82) is 0 Å². The molecule has 2 heterocycles. The summed E-state index contributed by atoms with van der Waals surface area (Å²) in [6, 6.07) is 11.1. The molecule has 2 aromatic rings. The Hall–Kier alpha value is -2.73. The number of amides is 2. The van der Waals surface area contributed by atoms with Crippen molar-refractivity contribution < 1.29 is 9.59 Å². The lowest BCUT2D eigenvalue weighted by Gasteiger charge is -2.44. The first-order valence-corrected chi connectivity index (χ1v) is 12.6. The molecule has 2 fully saturated rings. The maximum Gasteiger partial charge on any atom is 0.248 e. The van der Waals surface area contributed by atoms with E-state index in [-0.39, 0.29) is 23.3 Å². The average Bonchev–Trinajstić information content (AvgIpc) is 2.81. The molecule has 1 saturated heterocycles. The SMILES string of the molecule is CC1(C(=O)N(c2ccc(C(C)(C)C)cc2)C(C(=O)NC2CCCCC2)c2cccnc2)CCN1. The van der Waals surface area contributed by atoms with Gasteiger partial charge in [0.15, 0.2) is 0 Å². The number of hydrogen-bond donors (Lipinski definition) is 2. The summed E-state index contributed by atoms with van der Waals surface area (Å²) in [4.78, 5) is 33.8. The second kappa shape index (κ2) is 9.87. The Balaban J connectivity index is 1.75. The number of carbonyl (C=O) groups excluding carboxylic acids is 2. The maximum atomic E-state index is 14.0. The number of hydrogen-bond acceptors (Lipinski definition) is 4. The van der Waals surface area contributed by atoms with Crippen LogP contribution in [0.1, 0.15) is 83.4 Å². The summed E-state index contributed by atoms with van der Waals surface area (Å²) < 4.78 is 0. The molecule has 1 saturated carbocycles. The molecule has 1 aliphatic carbocycles. The quantitative estimate of drug-likeness (QED) is 0.655. The van der Waals surface area contributed by atoms with Crippen LogP contribution in [0.5, 0.6) is 0 Å². The average molecular weight is 463 g/mol. The van der Waals surface area contributed by atoms with Gasteiger partial charge in [-0.3, -0.25) is 19.5 Å². The van der Waals surface area contributed by atoms with Crippen molar-refractivity contribution in [1.82, 2.24) is 15.6 Å². The topological polar surface area (TPSA) is 74.3 Å². The third kappa shape index (κ3) is 5.17. The second-order valence-corrected chi connectivity index (χ2v) is 11.0. The van der Waals surface area contributed by atoms with E-state index in [9.17, 15) is 9.59 Å². The number of benzene rings is 1. The molecule has 1 aromatic heterocycles. The lowest BCUT2D eigenvalue weighted by molar-refractivity contribution is -0.131. The molecular formula is C28H38N4O2. The summed E-state index contributed by atoms with van der Waals surface area (Å²) in [5.74, 6) is -0.231. The number of nitrogens with one attached hydrogen (secondary N) is 2. The molecule has 6 heteroatoms. The molecule has 2 amide bonds. The standard InChI is InChI=1S/C28H38N4O2/c1-27(2,3)21-12-14-23(15-13-21)32(26(34)28(4)16-18-30-28)24(20-9-8-17-29-19-20)25(33)31-22-10-6-5-7-11-22/h8-9,12-15,17,19,22,24,30H,5-7,10-11,16,18H2,1-4H3,(H,31,33). The first kappa shape index (κ1) is 24.4. The van der Waals surface area contributed by atoms with Crippen LogP contribution >= 0.6 is 0 Å². The van der Waals surface area contributed by atoms with E-state index in [4.69, 9.17) is 0 Å². The summed E-state index contributed by atoms with van der Waals surface area (Å²) in [6.45, 7) is 9.22. The smallest absolute Gasteiger partial charge is 0.248 e. The van der Waals surface area contributed by atoms with Gasteiger partial charge in [0.05, 0.1) is 5.54 Å². The molecule has 0 spiro atoms. The van der Waals surface area contributed by atoms with Crippen molar-refractivity contribution >= 4 is 17.5 Å². The molecule has 1 aliphatic heterocycles. The minimum Gasteiger partial charge on any atom is -0.351 e. The van der Waals surface area contributed by atoms with Crippen molar-refractivity contribution in [3.63, 3.8) is 0 Å². The second-order valence-electron chi connectivity index (χ2n) is 11.0. The van der Waals surface area contributed by atoms with Crippen LogP contribution in [-0.4, -0.2) is 34.9 Å². The summed E-state index contributed by atoms with van der Waals surface area (Å²) in [6.07, 6.45) is 9.57. The van der Waals surface area contributed by atoms with E-state index >= 15 is 0 Å². The lowest BCUT2D eigenvalue weighted by Crippen LogP contribution is -2.65. The predicted molar refractivity (Wildman–Crippen MR) is 136 cm³/mol. The molecule has 34 heavy (non-hydrogen) atoms. The first-order chi connectivity index (χ1) is 16.2. The zero-order chi connectivity index (χ0) is 24.3. The minimum atomic E-state index is -0.789. The van der Waals surface area contributed by atoms with E-state index in [1.165, 1.54) is 12.0 Å². The molecule has 2 unspecified atom stereocenters. The van der Waals surface area contributed by atoms with Crippen LogP contribution in [0.4, 0.5) is 5.69 Å². The fraction of sp³-hybridized carbons (Fsp3) is 0.536. The van der Waals surface area contributed by atoms with Crippen molar-refractivity contribution in [2.24, 2.45) is 0 Å². The van der Waals surface area contributed by atoms with Crippen LogP contribution in [0.2, 0.25) is 0 Å². The number of carbonyl (C=O) groups is 2. The van der Waals surface area contributed by atoms with Gasteiger partial charge in [0, 0.05) is 29.7 Å². The molecule has 182 valence electrons. The first-order valence-electron chi connectivity index (χ1n) is 12.6. The highest BCUT2D eigenvalue weighted by molar-refractivity contribution is 6.06. The van der Waals surface area contributed by atoms with Crippen LogP contribution in [0.25, 0.3) is 0 Å². The largest absolute Gasteiger partial charge is 0.351 e. The van der Waals surface area contributed by atoms with Crippen molar-refractivity contribution in [2.45, 2.75) is 89.3 Å². The van der Waals surface area contributed by atoms with Gasteiger partial charge in [-0.1, -0.05) is 58.2 Å². The fourth-order valence-corrected chi connectivity index (χ4v) is 4.94. The number of aromatic nitrogens is 1. The summed E-state index contributed by atoms with van der Waals surface area (Å²) in [5.41, 5.74) is 1.93. The highest BCUT2D eigenvalue weighted by Gasteiger charge is 2.46. The Bertz CT molecular complexity index is 987. The fourth-order valence-electron chi connectivity index (χ4n) is 4.94. The zero-order valence-corrected chi connectivity index (χ0v) is 20.9. The molecule has 6 nitrogen and oxygen atoms in total. The van der Waals surface area contributed by atoms with Crippen molar-refractivity contribution in [3.8, 4) is 0 Å². The van der Waals surface area contributed by atoms with E-state index in [2.05, 4.69) is 48.5 Å². The Labute approximate surface area is 203 Å². The molecule has 0 bridgehead atoms. The Morgan fingerprint density at radius 2 is 1.79 bits per heavy atom. The highest BCUT2D eigenvalue weighted by atomic mass is 16.2. The van der Waals surface area contributed by atoms with E-state index < -0.39 is 11.6 Å². The predicted octanol–water partition coefficient (Wildman–Crippen LogP) is 4.65. The van der Waals surface area contributed by atoms with Crippen LogP contribution in [0.15, 0.2) is 48.8 Å². The van der Waals surface area contributed by atoms with Crippen LogP contribution in [-0.2, 0) is 15.0 Å². The Kier molecular flexibility index (Phi) is 7.08. The molecule has 2 aliphatic rings. The Morgan fingerprint density at radius 3 is 2.32 bits per heavy atom. The van der Waals surface area contributed by atoms with E-state index in [1.54, 1.807) is 17.3 Å². The van der Waals surface area contributed by atoms with Crippen LogP contribution in [0, 0.1) is 0 Å². The third-order valence-electron chi connectivity index (χ3n) is 7.30. The van der Waals surface area contributed by atoms with E-state index in [1.807, 2.05) is 31.2 Å². The van der Waals surface area contributed by atoms with Crippen LogP contribution in [0.3, 0.4) is 0 Å². The van der Waals surface area contributed by atoms with Gasteiger partial charge in [0.1, 0.15) is 6.04 Å². The van der Waals surface area contributed by atoms with E-state index in [0.29, 0.717) is 5.56 Å². The van der Waals surface area contributed by atoms with Gasteiger partial charge in [-0.15, -0.1) is 0 Å². The van der Waals surface area contributed by atoms with Gasteiger partial charge in [0.25, 0.3) is 0 Å². The summed E-state index contributed by atoms with van der Waals surface area (Å²) >= 11 is 0. The zero-order valence-electron chi connectivity index (χ0n) is 20.9. The Morgan fingerprint density at radius 1 is 1.12 bits per heavy atom. The van der Waals surface area contributed by atoms with Gasteiger partial charge < -0.3 is 10.6 Å². The summed E-state index contributed by atoms with van der Waals surface area (Å²) in [5, 5.41) is 6.56. The lowest BCUT2D eigenvalue weighted by atomic mass is 9.85. The van der Waals surface area contributed by atoms with Crippen LogP contribution < -0.4 is 15.5 Å². The maximum absolute atomic E-state index is 14.0. The molecular weight excluding hydrogens is 424 g/mol.